The van der Waals surface area contributed by atoms with Crippen molar-refractivity contribution >= 4 is 17.8 Å². The van der Waals surface area contributed by atoms with Crippen molar-refractivity contribution in [1.29, 1.82) is 0 Å². The Kier molecular flexibility index (Phi) is 7.11. The summed E-state index contributed by atoms with van der Waals surface area (Å²) < 4.78 is 10.6. The number of aryl methyl sites for hydroxylation is 1. The van der Waals surface area contributed by atoms with Crippen LogP contribution in [0.25, 0.3) is 0 Å². The zero-order chi connectivity index (χ0) is 24.8. The zero-order valence-electron chi connectivity index (χ0n) is 19.7. The van der Waals surface area contributed by atoms with E-state index in [0.717, 1.165) is 16.7 Å². The Hall–Kier alpha value is -4.19. The van der Waals surface area contributed by atoms with Crippen LogP contribution in [0.1, 0.15) is 39.9 Å². The Balaban J connectivity index is 1.85. The largest absolute Gasteiger partial charge is 0.460 e. The van der Waals surface area contributed by atoms with Crippen LogP contribution in [0.15, 0.2) is 96.8 Å². The van der Waals surface area contributed by atoms with Gasteiger partial charge < -0.3 is 14.8 Å². The third kappa shape index (κ3) is 5.17. The second kappa shape index (κ2) is 10.4. The predicted molar refractivity (Wildman–Crippen MR) is 132 cm³/mol. The van der Waals surface area contributed by atoms with Gasteiger partial charge in [0.1, 0.15) is 0 Å². The number of carbonyl (C=O) groups excluding carboxylic acids is 3. The first-order chi connectivity index (χ1) is 16.9. The van der Waals surface area contributed by atoms with Crippen molar-refractivity contribution in [3.05, 3.63) is 119 Å². The summed E-state index contributed by atoms with van der Waals surface area (Å²) in [7, 11) is 0. The maximum atomic E-state index is 13.8. The Morgan fingerprint density at radius 2 is 1.57 bits per heavy atom. The summed E-state index contributed by atoms with van der Waals surface area (Å²) in [5.41, 5.74) is 1.53. The number of rotatable bonds is 7. The monoisotopic (exact) mass is 469 g/mol. The van der Waals surface area contributed by atoms with Crippen LogP contribution in [0.2, 0.25) is 0 Å². The fourth-order valence-corrected chi connectivity index (χ4v) is 4.25. The number of carbonyl (C=O) groups is 3. The predicted octanol–water partition coefficient (Wildman–Crippen LogP) is 4.49. The molecule has 0 aliphatic carbocycles. The minimum atomic E-state index is -1.50. The molecule has 35 heavy (non-hydrogen) atoms. The van der Waals surface area contributed by atoms with E-state index in [-0.39, 0.29) is 18.8 Å². The quantitative estimate of drug-likeness (QED) is 0.516. The van der Waals surface area contributed by atoms with Gasteiger partial charge in [0, 0.05) is 17.9 Å². The van der Waals surface area contributed by atoms with Gasteiger partial charge in [-0.05, 0) is 43.2 Å². The average molecular weight is 470 g/mol. The highest BCUT2D eigenvalue weighted by Crippen LogP contribution is 2.39. The van der Waals surface area contributed by atoms with Crippen molar-refractivity contribution in [3.63, 3.8) is 0 Å². The molecule has 6 nitrogen and oxygen atoms in total. The first-order valence-electron chi connectivity index (χ1n) is 11.5. The molecule has 3 aromatic rings. The normalized spacial score (nSPS) is 19.3. The van der Waals surface area contributed by atoms with Crippen molar-refractivity contribution in [3.8, 4) is 0 Å². The van der Waals surface area contributed by atoms with Gasteiger partial charge in [0.05, 0.1) is 6.61 Å². The molecule has 1 amide bonds. The van der Waals surface area contributed by atoms with E-state index in [2.05, 4.69) is 5.32 Å². The fourth-order valence-electron chi connectivity index (χ4n) is 4.25. The summed E-state index contributed by atoms with van der Waals surface area (Å²) >= 11 is 0. The second-order valence-corrected chi connectivity index (χ2v) is 8.48. The molecule has 0 unspecified atom stereocenters. The molecule has 6 heteroatoms. The van der Waals surface area contributed by atoms with Gasteiger partial charge in [-0.1, -0.05) is 78.4 Å². The van der Waals surface area contributed by atoms with Crippen molar-refractivity contribution in [2.75, 3.05) is 6.61 Å². The third-order valence-corrected chi connectivity index (χ3v) is 6.03. The molecule has 0 saturated carbocycles. The van der Waals surface area contributed by atoms with Gasteiger partial charge in [-0.15, -0.1) is 0 Å². The highest BCUT2D eigenvalue weighted by atomic mass is 16.6. The Bertz CT molecular complexity index is 1240. The molecule has 1 aliphatic rings. The Morgan fingerprint density at radius 1 is 0.943 bits per heavy atom. The fraction of sp³-hybridized carbons (Fsp3) is 0.207. The van der Waals surface area contributed by atoms with Gasteiger partial charge in [-0.3, -0.25) is 4.79 Å². The van der Waals surface area contributed by atoms with Crippen molar-refractivity contribution in [2.24, 2.45) is 0 Å². The molecule has 1 N–H and O–H groups in total. The van der Waals surface area contributed by atoms with Crippen molar-refractivity contribution < 1.29 is 23.9 Å². The van der Waals surface area contributed by atoms with Crippen LogP contribution in [0.4, 0.5) is 0 Å². The topological polar surface area (TPSA) is 81.7 Å². The molecule has 2 atom stereocenters. The van der Waals surface area contributed by atoms with E-state index in [0.29, 0.717) is 5.56 Å². The highest BCUT2D eigenvalue weighted by Gasteiger charge is 2.52. The van der Waals surface area contributed by atoms with Gasteiger partial charge in [0.15, 0.2) is 5.54 Å². The molecule has 0 aromatic heterocycles. The number of cyclic esters (lactones) is 1. The lowest BCUT2D eigenvalue weighted by Gasteiger charge is -2.41. The Labute approximate surface area is 204 Å². The van der Waals surface area contributed by atoms with Gasteiger partial charge in [0.25, 0.3) is 5.91 Å². The third-order valence-electron chi connectivity index (χ3n) is 6.03. The van der Waals surface area contributed by atoms with Crippen molar-refractivity contribution in [2.45, 2.75) is 31.7 Å². The first kappa shape index (κ1) is 24.0. The summed E-state index contributed by atoms with van der Waals surface area (Å²) in [6.07, 6.45) is 1.74. The number of amides is 1. The lowest BCUT2D eigenvalue weighted by Crippen LogP contribution is -2.62. The van der Waals surface area contributed by atoms with Gasteiger partial charge in [-0.2, -0.15) is 0 Å². The zero-order valence-corrected chi connectivity index (χ0v) is 19.7. The van der Waals surface area contributed by atoms with Crippen LogP contribution in [0, 0.1) is 6.92 Å². The van der Waals surface area contributed by atoms with Gasteiger partial charge in [-0.25, -0.2) is 9.59 Å². The van der Waals surface area contributed by atoms with E-state index in [1.807, 2.05) is 79.7 Å². The molecule has 1 aliphatic heterocycles. The summed E-state index contributed by atoms with van der Waals surface area (Å²) in [4.78, 5) is 39.7. The highest BCUT2D eigenvalue weighted by molar-refractivity contribution is 6.01. The molecule has 178 valence electrons. The molecule has 0 bridgehead atoms. The van der Waals surface area contributed by atoms with Crippen LogP contribution in [0.5, 0.6) is 0 Å². The summed E-state index contributed by atoms with van der Waals surface area (Å²) in [6.45, 7) is 3.76. The number of hydrogen-bond acceptors (Lipinski definition) is 5. The Morgan fingerprint density at radius 3 is 2.20 bits per heavy atom. The number of esters is 2. The first-order valence-corrected chi connectivity index (χ1v) is 11.5. The molecule has 1 heterocycles. The van der Waals surface area contributed by atoms with Crippen LogP contribution in [0.3, 0.4) is 0 Å². The molecule has 0 radical (unpaired) electrons. The van der Waals surface area contributed by atoms with Crippen LogP contribution < -0.4 is 5.32 Å². The number of benzene rings is 3. The SMILES string of the molecule is CCOC(=O)C1=C[C@@H](c2ccccc2)[C@@](Cc2ccccc2)(NC(=O)c2ccc(C)cc2)C(=O)O1. The maximum absolute atomic E-state index is 13.8. The number of ether oxygens (including phenoxy) is 2. The summed E-state index contributed by atoms with van der Waals surface area (Å²) in [5.74, 6) is -2.72. The standard InChI is InChI=1S/C29H27NO5/c1-3-34-27(32)25-18-24(22-12-8-5-9-13-22)29(28(33)35-25,19-21-10-6-4-7-11-21)30-26(31)23-16-14-20(2)15-17-23/h4-18,24H,3,19H2,1-2H3,(H,30,31)/t24-,29+/m0/s1. The van der Waals surface area contributed by atoms with E-state index in [1.54, 1.807) is 25.1 Å². The maximum Gasteiger partial charge on any atom is 0.374 e. The minimum Gasteiger partial charge on any atom is -0.460 e. The van der Waals surface area contributed by atoms with E-state index in [1.165, 1.54) is 0 Å². The molecule has 0 spiro atoms. The number of nitrogens with one attached hydrogen (secondary N) is 1. The molecule has 0 saturated heterocycles. The lowest BCUT2D eigenvalue weighted by atomic mass is 9.73. The molecule has 4 rings (SSSR count). The smallest absolute Gasteiger partial charge is 0.374 e. The number of hydrogen-bond donors (Lipinski definition) is 1. The molecular formula is C29H27NO5. The van der Waals surface area contributed by atoms with Gasteiger partial charge in [0.2, 0.25) is 5.76 Å². The summed E-state index contributed by atoms with van der Waals surface area (Å²) in [6, 6.07) is 25.8. The van der Waals surface area contributed by atoms with E-state index in [9.17, 15) is 14.4 Å². The minimum absolute atomic E-state index is 0.142. The second-order valence-electron chi connectivity index (χ2n) is 8.48. The molecule has 3 aromatic carbocycles. The van der Waals surface area contributed by atoms with E-state index < -0.39 is 29.3 Å². The average Bonchev–Trinajstić information content (AvgIpc) is 2.87. The van der Waals surface area contributed by atoms with E-state index >= 15 is 0 Å². The lowest BCUT2D eigenvalue weighted by molar-refractivity contribution is -0.157. The van der Waals surface area contributed by atoms with Crippen LogP contribution in [-0.4, -0.2) is 30.0 Å². The van der Waals surface area contributed by atoms with Crippen LogP contribution in [-0.2, 0) is 25.5 Å². The van der Waals surface area contributed by atoms with E-state index in [4.69, 9.17) is 9.47 Å². The summed E-state index contributed by atoms with van der Waals surface area (Å²) in [5, 5.41) is 3.00. The van der Waals surface area contributed by atoms with Crippen molar-refractivity contribution in [1.82, 2.24) is 5.32 Å². The molecular weight excluding hydrogens is 442 g/mol. The van der Waals surface area contributed by atoms with Crippen LogP contribution >= 0.6 is 0 Å². The molecule has 0 fully saturated rings. The van der Waals surface area contributed by atoms with Gasteiger partial charge >= 0.3 is 11.9 Å².